The maximum atomic E-state index is 12.6. The zero-order chi connectivity index (χ0) is 13.2. The molecule has 0 spiro atoms. The summed E-state index contributed by atoms with van der Waals surface area (Å²) in [7, 11) is 0.978. The van der Waals surface area contributed by atoms with Crippen LogP contribution in [0, 0.1) is 10.1 Å². The maximum Gasteiger partial charge on any atom is 0.340 e. The second-order valence-electron chi connectivity index (χ2n) is 2.78. The number of rotatable bonds is 3. The van der Waals surface area contributed by atoms with Gasteiger partial charge in [0.1, 0.15) is 5.69 Å². The van der Waals surface area contributed by atoms with Crippen molar-refractivity contribution in [3.63, 3.8) is 0 Å². The topological polar surface area (TPSA) is 82.3 Å². The fourth-order valence-electron chi connectivity index (χ4n) is 1.06. The highest BCUT2D eigenvalue weighted by atomic mass is 79.9. The van der Waals surface area contributed by atoms with E-state index in [2.05, 4.69) is 25.7 Å². The van der Waals surface area contributed by atoms with Crippen LogP contribution in [0.15, 0.2) is 10.7 Å². The first kappa shape index (κ1) is 13.4. The highest BCUT2D eigenvalue weighted by Crippen LogP contribution is 2.30. The van der Waals surface area contributed by atoms with Crippen LogP contribution in [0.3, 0.4) is 0 Å². The lowest BCUT2D eigenvalue weighted by atomic mass is 10.2. The van der Waals surface area contributed by atoms with E-state index in [1.165, 1.54) is 0 Å². The number of alkyl halides is 2. The number of aromatic nitrogens is 1. The lowest BCUT2D eigenvalue weighted by molar-refractivity contribution is -0.386. The van der Waals surface area contributed by atoms with E-state index >= 15 is 0 Å². The molecule has 0 amide bonds. The monoisotopic (exact) mass is 310 g/mol. The van der Waals surface area contributed by atoms with E-state index in [0.29, 0.717) is 6.07 Å². The molecule has 0 aliphatic heterocycles. The Labute approximate surface area is 102 Å². The molecule has 0 fully saturated rings. The zero-order valence-electron chi connectivity index (χ0n) is 8.32. The highest BCUT2D eigenvalue weighted by Gasteiger charge is 2.27. The lowest BCUT2D eigenvalue weighted by Gasteiger charge is -2.06. The molecule has 92 valence electrons. The van der Waals surface area contributed by atoms with E-state index in [1.54, 1.807) is 0 Å². The van der Waals surface area contributed by atoms with E-state index in [9.17, 15) is 23.7 Å². The lowest BCUT2D eigenvalue weighted by Crippen LogP contribution is -2.10. The molecule has 0 aliphatic rings. The number of hydrogen-bond donors (Lipinski definition) is 0. The van der Waals surface area contributed by atoms with Crippen molar-refractivity contribution >= 4 is 27.6 Å². The molecule has 1 aromatic heterocycles. The van der Waals surface area contributed by atoms with Gasteiger partial charge in [-0.25, -0.2) is 18.6 Å². The van der Waals surface area contributed by atoms with Crippen molar-refractivity contribution in [2.75, 3.05) is 7.11 Å². The normalized spacial score (nSPS) is 10.4. The summed E-state index contributed by atoms with van der Waals surface area (Å²) in [5, 5.41) is 10.6. The molecule has 0 bridgehead atoms. The van der Waals surface area contributed by atoms with Crippen molar-refractivity contribution in [1.29, 1.82) is 0 Å². The Kier molecular flexibility index (Phi) is 4.05. The van der Waals surface area contributed by atoms with Crippen LogP contribution in [0.25, 0.3) is 0 Å². The van der Waals surface area contributed by atoms with Crippen LogP contribution in [0.5, 0.6) is 0 Å². The third-order valence-corrected chi connectivity index (χ3v) is 2.38. The largest absolute Gasteiger partial charge is 0.465 e. The Balaban J connectivity index is 3.47. The molecule has 0 atom stereocenters. The predicted octanol–water partition coefficient (Wildman–Crippen LogP) is 2.48. The van der Waals surface area contributed by atoms with E-state index in [1.807, 2.05) is 0 Å². The molecular weight excluding hydrogens is 306 g/mol. The number of hydrogen-bond acceptors (Lipinski definition) is 5. The summed E-state index contributed by atoms with van der Waals surface area (Å²) in [5.41, 5.74) is -2.08. The number of nitrogens with zero attached hydrogens (tertiary/aromatic N) is 2. The minimum atomic E-state index is -3.04. The first-order valence-electron chi connectivity index (χ1n) is 4.09. The number of carbonyl (C=O) groups excluding carboxylic acids is 1. The van der Waals surface area contributed by atoms with Gasteiger partial charge < -0.3 is 4.74 Å². The minimum absolute atomic E-state index is 0.370. The van der Waals surface area contributed by atoms with Gasteiger partial charge in [-0.3, -0.25) is 10.1 Å². The van der Waals surface area contributed by atoms with Crippen molar-refractivity contribution in [3.05, 3.63) is 32.0 Å². The molecular formula is C8H5BrF2N2O4. The second kappa shape index (κ2) is 5.13. The van der Waals surface area contributed by atoms with Crippen LogP contribution < -0.4 is 0 Å². The maximum absolute atomic E-state index is 12.6. The Morgan fingerprint density at radius 2 is 2.24 bits per heavy atom. The van der Waals surface area contributed by atoms with E-state index < -0.39 is 34.3 Å². The summed E-state index contributed by atoms with van der Waals surface area (Å²) in [6.07, 6.45) is -3.04. The van der Waals surface area contributed by atoms with Gasteiger partial charge in [-0.05, 0) is 15.9 Å². The summed E-state index contributed by atoms with van der Waals surface area (Å²) in [6.45, 7) is 0. The zero-order valence-corrected chi connectivity index (χ0v) is 9.90. The van der Waals surface area contributed by atoms with Crippen LogP contribution in [0.2, 0.25) is 0 Å². The summed E-state index contributed by atoms with van der Waals surface area (Å²) in [4.78, 5) is 24.2. The van der Waals surface area contributed by atoms with Crippen LogP contribution in [0.4, 0.5) is 14.5 Å². The third kappa shape index (κ3) is 2.73. The van der Waals surface area contributed by atoms with Crippen molar-refractivity contribution in [3.8, 4) is 0 Å². The molecule has 17 heavy (non-hydrogen) atoms. The van der Waals surface area contributed by atoms with Gasteiger partial charge in [0.2, 0.25) is 0 Å². The van der Waals surface area contributed by atoms with Gasteiger partial charge in [0.15, 0.2) is 4.60 Å². The molecule has 1 heterocycles. The molecule has 9 heteroatoms. The number of ether oxygens (including phenoxy) is 1. The number of esters is 1. The molecule has 0 unspecified atom stereocenters. The third-order valence-electron chi connectivity index (χ3n) is 1.80. The van der Waals surface area contributed by atoms with Gasteiger partial charge in [0.05, 0.1) is 17.6 Å². The number of carbonyl (C=O) groups is 1. The van der Waals surface area contributed by atoms with Gasteiger partial charge in [-0.15, -0.1) is 0 Å². The SMILES string of the molecule is COC(=O)c1cc([N+](=O)[O-])c(Br)nc1C(F)F. The molecule has 0 radical (unpaired) electrons. The van der Waals surface area contributed by atoms with Gasteiger partial charge in [-0.2, -0.15) is 0 Å². The van der Waals surface area contributed by atoms with E-state index in [-0.39, 0.29) is 4.60 Å². The van der Waals surface area contributed by atoms with Gasteiger partial charge >= 0.3 is 11.7 Å². The number of nitro groups is 1. The summed E-state index contributed by atoms with van der Waals surface area (Å²) < 4.78 is 29.0. The average Bonchev–Trinajstić information content (AvgIpc) is 2.26. The Hall–Kier alpha value is -1.64. The van der Waals surface area contributed by atoms with E-state index in [4.69, 9.17) is 0 Å². The molecule has 0 aliphatic carbocycles. The van der Waals surface area contributed by atoms with Crippen molar-refractivity contribution in [2.24, 2.45) is 0 Å². The van der Waals surface area contributed by atoms with Crippen LogP contribution in [0.1, 0.15) is 22.5 Å². The van der Waals surface area contributed by atoms with Gasteiger partial charge in [0, 0.05) is 6.07 Å². The fourth-order valence-corrected chi connectivity index (χ4v) is 1.51. The number of methoxy groups -OCH3 is 1. The van der Waals surface area contributed by atoms with Crippen molar-refractivity contribution < 1.29 is 23.2 Å². The standard InChI is InChI=1S/C8H5BrF2N2O4/c1-17-8(14)3-2-4(13(15)16)6(9)12-5(3)7(10)11/h2,7H,1H3. The second-order valence-corrected chi connectivity index (χ2v) is 3.53. The molecule has 1 rings (SSSR count). The quantitative estimate of drug-likeness (QED) is 0.371. The number of pyridine rings is 1. The minimum Gasteiger partial charge on any atom is -0.465 e. The summed E-state index contributed by atoms with van der Waals surface area (Å²) in [6, 6.07) is 0.699. The Bertz CT molecular complexity index is 481. The Morgan fingerprint density at radius 1 is 1.65 bits per heavy atom. The van der Waals surface area contributed by atoms with Gasteiger partial charge in [0.25, 0.3) is 6.43 Å². The molecule has 6 nitrogen and oxygen atoms in total. The molecule has 0 saturated carbocycles. The predicted molar refractivity (Wildman–Crippen MR) is 54.9 cm³/mol. The van der Waals surface area contributed by atoms with Crippen LogP contribution in [-0.4, -0.2) is 23.0 Å². The fraction of sp³-hybridized carbons (Fsp3) is 0.250. The average molecular weight is 311 g/mol. The molecule has 0 N–H and O–H groups in total. The first-order valence-corrected chi connectivity index (χ1v) is 4.89. The van der Waals surface area contributed by atoms with Crippen molar-refractivity contribution in [1.82, 2.24) is 4.98 Å². The number of halogens is 3. The summed E-state index contributed by atoms with van der Waals surface area (Å²) >= 11 is 2.68. The van der Waals surface area contributed by atoms with Crippen LogP contribution in [-0.2, 0) is 4.74 Å². The first-order chi connectivity index (χ1) is 7.88. The van der Waals surface area contributed by atoms with Crippen molar-refractivity contribution in [2.45, 2.75) is 6.43 Å². The van der Waals surface area contributed by atoms with Gasteiger partial charge in [-0.1, -0.05) is 0 Å². The molecule has 0 saturated heterocycles. The molecule has 0 aromatic carbocycles. The Morgan fingerprint density at radius 3 is 2.65 bits per heavy atom. The summed E-state index contributed by atoms with van der Waals surface area (Å²) in [5.74, 6) is -1.11. The van der Waals surface area contributed by atoms with E-state index in [0.717, 1.165) is 7.11 Å². The highest BCUT2D eigenvalue weighted by molar-refractivity contribution is 9.10. The smallest absolute Gasteiger partial charge is 0.340 e. The molecule has 1 aromatic rings. The van der Waals surface area contributed by atoms with Crippen LogP contribution >= 0.6 is 15.9 Å².